The highest BCUT2D eigenvalue weighted by Crippen LogP contribution is 2.34. The van der Waals surface area contributed by atoms with E-state index in [2.05, 4.69) is 9.83 Å². The fourth-order valence-corrected chi connectivity index (χ4v) is 2.44. The number of rotatable bonds is 4. The molecule has 0 amide bonds. The highest BCUT2D eigenvalue weighted by atomic mass is 35.5. The molecule has 5 nitrogen and oxygen atoms in total. The summed E-state index contributed by atoms with van der Waals surface area (Å²) in [5.74, 6) is -3.21. The molecule has 0 aliphatic heterocycles. The molecule has 1 N–H and O–H groups in total. The summed E-state index contributed by atoms with van der Waals surface area (Å²) >= 11 is 6.03. The number of hydrogen-bond acceptors (Lipinski definition) is 3. The topological polar surface area (TPSA) is 63.8 Å². The van der Waals surface area contributed by atoms with Crippen LogP contribution in [-0.4, -0.2) is 16.1 Å². The number of carbonyl (C=O) groups is 1. The van der Waals surface area contributed by atoms with E-state index in [9.17, 15) is 18.7 Å². The van der Waals surface area contributed by atoms with Gasteiger partial charge in [0, 0.05) is 11.6 Å². The first-order chi connectivity index (χ1) is 12.9. The maximum absolute atomic E-state index is 13.5. The minimum absolute atomic E-state index is 0.0303. The molecule has 8 heteroatoms. The van der Waals surface area contributed by atoms with E-state index < -0.39 is 17.6 Å². The van der Waals surface area contributed by atoms with Gasteiger partial charge in [-0.25, -0.2) is 23.4 Å². The van der Waals surface area contributed by atoms with Crippen LogP contribution in [-0.2, 0) is 0 Å². The van der Waals surface area contributed by atoms with E-state index in [1.165, 1.54) is 30.3 Å². The van der Waals surface area contributed by atoms with Crippen LogP contribution >= 0.6 is 11.6 Å². The third kappa shape index (κ3) is 4.02. The van der Waals surface area contributed by atoms with Crippen LogP contribution in [0.25, 0.3) is 16.1 Å². The summed E-state index contributed by atoms with van der Waals surface area (Å²) in [4.78, 5) is 18.8. The number of hydrogen-bond donors (Lipinski definition) is 1. The van der Waals surface area contributed by atoms with E-state index in [1.54, 1.807) is 0 Å². The van der Waals surface area contributed by atoms with Crippen molar-refractivity contribution >= 4 is 23.3 Å². The maximum atomic E-state index is 13.5. The van der Waals surface area contributed by atoms with Crippen LogP contribution in [0.15, 0.2) is 48.5 Å². The van der Waals surface area contributed by atoms with Crippen molar-refractivity contribution in [1.29, 1.82) is 0 Å². The Morgan fingerprint density at radius 2 is 1.81 bits per heavy atom. The van der Waals surface area contributed by atoms with Crippen molar-refractivity contribution in [3.05, 3.63) is 82.2 Å². The van der Waals surface area contributed by atoms with Gasteiger partial charge in [0.05, 0.1) is 17.3 Å². The van der Waals surface area contributed by atoms with Crippen LogP contribution in [0.2, 0.25) is 5.02 Å². The summed E-state index contributed by atoms with van der Waals surface area (Å²) in [6.45, 7) is 7.03. The van der Waals surface area contributed by atoms with Gasteiger partial charge in [0.1, 0.15) is 22.9 Å². The van der Waals surface area contributed by atoms with E-state index in [0.717, 1.165) is 12.1 Å². The largest absolute Gasteiger partial charge is 0.477 e. The van der Waals surface area contributed by atoms with Gasteiger partial charge in [-0.05, 0) is 30.3 Å². The van der Waals surface area contributed by atoms with Crippen LogP contribution in [0.4, 0.5) is 14.5 Å². The second kappa shape index (κ2) is 7.40. The summed E-state index contributed by atoms with van der Waals surface area (Å²) < 4.78 is 32.4. The molecule has 0 aliphatic carbocycles. The van der Waals surface area contributed by atoms with Gasteiger partial charge in [-0.2, -0.15) is 0 Å². The van der Waals surface area contributed by atoms with Crippen molar-refractivity contribution in [2.75, 3.05) is 0 Å². The van der Waals surface area contributed by atoms with Gasteiger partial charge in [-0.3, -0.25) is 0 Å². The molecule has 1 heterocycles. The van der Waals surface area contributed by atoms with Gasteiger partial charge in [0.2, 0.25) is 5.88 Å². The Bertz CT molecular complexity index is 1080. The van der Waals surface area contributed by atoms with E-state index in [-0.39, 0.29) is 39.2 Å². The summed E-state index contributed by atoms with van der Waals surface area (Å²) in [5.41, 5.74) is 0.163. The number of carboxylic acids is 1. The number of halogens is 3. The molecular weight excluding hydrogens is 378 g/mol. The summed E-state index contributed by atoms with van der Waals surface area (Å²) in [6.07, 6.45) is 0. The number of ether oxygens (including phenoxy) is 1. The highest BCUT2D eigenvalue weighted by molar-refractivity contribution is 6.32. The first-order valence-corrected chi connectivity index (χ1v) is 7.81. The average Bonchev–Trinajstić information content (AvgIpc) is 2.62. The Labute approximate surface area is 157 Å². The van der Waals surface area contributed by atoms with Gasteiger partial charge in [-0.15, -0.1) is 0 Å². The molecule has 0 fully saturated rings. The first-order valence-electron chi connectivity index (χ1n) is 7.43. The van der Waals surface area contributed by atoms with Crippen molar-refractivity contribution in [2.24, 2.45) is 0 Å². The molecule has 0 saturated heterocycles. The normalized spacial score (nSPS) is 10.3. The van der Waals surface area contributed by atoms with Crippen molar-refractivity contribution in [1.82, 2.24) is 4.98 Å². The zero-order chi connectivity index (χ0) is 19.6. The lowest BCUT2D eigenvalue weighted by molar-refractivity contribution is 0.0693. The minimum Gasteiger partial charge on any atom is -0.477 e. The molecule has 0 radical (unpaired) electrons. The Morgan fingerprint density at radius 1 is 1.11 bits per heavy atom. The van der Waals surface area contributed by atoms with E-state index >= 15 is 0 Å². The van der Waals surface area contributed by atoms with Crippen LogP contribution in [0.1, 0.15) is 10.4 Å². The Hall–Kier alpha value is -3.50. The molecule has 0 spiro atoms. The molecule has 0 aliphatic rings. The van der Waals surface area contributed by atoms with Gasteiger partial charge in [0.15, 0.2) is 5.69 Å². The molecule has 0 atom stereocenters. The molecule has 3 aromatic rings. The van der Waals surface area contributed by atoms with Crippen molar-refractivity contribution in [3.8, 4) is 22.9 Å². The zero-order valence-corrected chi connectivity index (χ0v) is 14.2. The van der Waals surface area contributed by atoms with Crippen molar-refractivity contribution in [3.63, 3.8) is 0 Å². The van der Waals surface area contributed by atoms with E-state index in [4.69, 9.17) is 22.9 Å². The number of nitrogens with zero attached hydrogens (tertiary/aromatic N) is 2. The van der Waals surface area contributed by atoms with Gasteiger partial charge in [0.25, 0.3) is 0 Å². The van der Waals surface area contributed by atoms with E-state index in [1.807, 2.05) is 0 Å². The fourth-order valence-electron chi connectivity index (χ4n) is 2.29. The molecule has 1 aromatic heterocycles. The predicted octanol–water partition coefficient (Wildman–Crippen LogP) is 5.72. The molecular formula is C19H9ClF2N2O3. The fraction of sp³-hybridized carbons (Fsp3) is 0. The molecule has 3 rings (SSSR count). The second-order valence-electron chi connectivity index (χ2n) is 5.34. The lowest BCUT2D eigenvalue weighted by atomic mass is 10.1. The summed E-state index contributed by atoms with van der Waals surface area (Å²) in [7, 11) is 0. The quantitative estimate of drug-likeness (QED) is 0.582. The third-order valence-electron chi connectivity index (χ3n) is 3.50. The Morgan fingerprint density at radius 3 is 2.44 bits per heavy atom. The summed E-state index contributed by atoms with van der Waals surface area (Å²) in [6, 6.07) is 9.57. The minimum atomic E-state index is -1.31. The number of pyridine rings is 1. The van der Waals surface area contributed by atoms with Crippen LogP contribution in [0.5, 0.6) is 11.6 Å². The Balaban J connectivity index is 2.10. The smallest absolute Gasteiger partial charge is 0.341 e. The number of carboxylic acid groups (broad SMARTS) is 1. The highest BCUT2D eigenvalue weighted by Gasteiger charge is 2.17. The van der Waals surface area contributed by atoms with Crippen molar-refractivity contribution < 1.29 is 23.4 Å². The molecule has 0 bridgehead atoms. The van der Waals surface area contributed by atoms with Crippen LogP contribution < -0.4 is 4.74 Å². The Kier molecular flexibility index (Phi) is 5.01. The number of aromatic carboxylic acids is 1. The average molecular weight is 387 g/mol. The molecule has 134 valence electrons. The molecule has 0 saturated carbocycles. The third-order valence-corrected chi connectivity index (χ3v) is 3.81. The van der Waals surface area contributed by atoms with Gasteiger partial charge < -0.3 is 9.84 Å². The molecule has 27 heavy (non-hydrogen) atoms. The van der Waals surface area contributed by atoms with Crippen molar-refractivity contribution in [2.45, 2.75) is 0 Å². The van der Waals surface area contributed by atoms with Crippen LogP contribution in [0.3, 0.4) is 0 Å². The summed E-state index contributed by atoms with van der Waals surface area (Å²) in [5, 5.41) is 9.48. The van der Waals surface area contributed by atoms with Crippen LogP contribution in [0, 0.1) is 18.2 Å². The van der Waals surface area contributed by atoms with Gasteiger partial charge >= 0.3 is 5.97 Å². The second-order valence-corrected chi connectivity index (χ2v) is 5.75. The standard InChI is InChI=1S/C19H9ClF2N2O3/c1-23-13-2-4-15(20)17(9-13)27-18-14(19(25)26)3-5-16(24-18)10-6-11(21)8-12(22)7-10/h2-9H,(H,25,26). The zero-order valence-electron chi connectivity index (χ0n) is 13.4. The predicted molar refractivity (Wildman–Crippen MR) is 94.3 cm³/mol. The lowest BCUT2D eigenvalue weighted by Gasteiger charge is -2.11. The number of benzene rings is 2. The monoisotopic (exact) mass is 386 g/mol. The number of aromatic nitrogens is 1. The lowest BCUT2D eigenvalue weighted by Crippen LogP contribution is -2.03. The molecule has 0 unspecified atom stereocenters. The SMILES string of the molecule is [C-]#[N+]c1ccc(Cl)c(Oc2nc(-c3cc(F)cc(F)c3)ccc2C(=O)O)c1. The maximum Gasteiger partial charge on any atom is 0.341 e. The van der Waals surface area contributed by atoms with Gasteiger partial charge in [-0.1, -0.05) is 23.7 Å². The molecule has 2 aromatic carbocycles. The first kappa shape index (κ1) is 18.3. The van der Waals surface area contributed by atoms with E-state index in [0.29, 0.717) is 6.07 Å².